The number of hydrogen-bond acceptors (Lipinski definition) is 5. The summed E-state index contributed by atoms with van der Waals surface area (Å²) in [6.07, 6.45) is 0. The number of nitrogens with zero attached hydrogens (tertiary/aromatic N) is 1. The van der Waals surface area contributed by atoms with Crippen LogP contribution in [-0.4, -0.2) is 16.7 Å². The lowest BCUT2D eigenvalue weighted by Crippen LogP contribution is -2.29. The fourth-order valence-electron chi connectivity index (χ4n) is 1.83. The van der Waals surface area contributed by atoms with E-state index >= 15 is 0 Å². The standard InChI is InChI=1S/C15H14N4O4/c1-9-2-7-13(12(16)8-9)18-15(21)14(20)17-10-3-5-11(6-4-10)19(22)23/h2-8H,16H2,1H3,(H,17,20)(H,18,21). The number of nitrogen functional groups attached to an aromatic ring is 1. The Balaban J connectivity index is 2.02. The lowest BCUT2D eigenvalue weighted by molar-refractivity contribution is -0.384. The summed E-state index contributed by atoms with van der Waals surface area (Å²) in [5, 5.41) is 15.3. The molecule has 0 bridgehead atoms. The SMILES string of the molecule is Cc1ccc(NC(=O)C(=O)Nc2ccc([N+](=O)[O-])cc2)c(N)c1. The Bertz CT molecular complexity index is 772. The van der Waals surface area contributed by atoms with Gasteiger partial charge < -0.3 is 16.4 Å². The third-order valence-corrected chi connectivity index (χ3v) is 3.00. The van der Waals surface area contributed by atoms with Crippen LogP contribution in [0.1, 0.15) is 5.56 Å². The summed E-state index contributed by atoms with van der Waals surface area (Å²) in [5.74, 6) is -1.79. The van der Waals surface area contributed by atoms with Crippen molar-refractivity contribution in [2.45, 2.75) is 6.92 Å². The molecule has 2 amide bonds. The molecule has 2 aromatic carbocycles. The fraction of sp³-hybridized carbons (Fsp3) is 0.0667. The molecule has 2 aromatic rings. The van der Waals surface area contributed by atoms with Crippen molar-refractivity contribution in [1.82, 2.24) is 0 Å². The minimum absolute atomic E-state index is 0.111. The van der Waals surface area contributed by atoms with E-state index < -0.39 is 16.7 Å². The van der Waals surface area contributed by atoms with Gasteiger partial charge in [0.15, 0.2) is 0 Å². The molecular formula is C15H14N4O4. The maximum absolute atomic E-state index is 11.8. The third kappa shape index (κ3) is 4.03. The normalized spacial score (nSPS) is 9.96. The van der Waals surface area contributed by atoms with Crippen LogP contribution in [0.15, 0.2) is 42.5 Å². The van der Waals surface area contributed by atoms with E-state index in [0.29, 0.717) is 11.4 Å². The van der Waals surface area contributed by atoms with Gasteiger partial charge in [0.1, 0.15) is 0 Å². The quantitative estimate of drug-likeness (QED) is 0.346. The van der Waals surface area contributed by atoms with Crippen LogP contribution in [0.25, 0.3) is 0 Å². The van der Waals surface area contributed by atoms with E-state index in [0.717, 1.165) is 5.56 Å². The summed E-state index contributed by atoms with van der Waals surface area (Å²) in [6.45, 7) is 1.85. The number of non-ortho nitro benzene ring substituents is 1. The molecule has 0 fully saturated rings. The van der Waals surface area contributed by atoms with Crippen molar-refractivity contribution < 1.29 is 14.5 Å². The van der Waals surface area contributed by atoms with Crippen LogP contribution in [0.5, 0.6) is 0 Å². The molecule has 118 valence electrons. The zero-order valence-corrected chi connectivity index (χ0v) is 12.2. The number of carbonyl (C=O) groups is 2. The first-order chi connectivity index (χ1) is 10.9. The Hall–Kier alpha value is -3.42. The van der Waals surface area contributed by atoms with Gasteiger partial charge in [0.2, 0.25) is 0 Å². The highest BCUT2D eigenvalue weighted by atomic mass is 16.6. The average molecular weight is 314 g/mol. The summed E-state index contributed by atoms with van der Waals surface area (Å²) in [7, 11) is 0. The number of carbonyl (C=O) groups excluding carboxylic acids is 2. The van der Waals surface area contributed by atoms with E-state index in [-0.39, 0.29) is 11.4 Å². The minimum Gasteiger partial charge on any atom is -0.397 e. The van der Waals surface area contributed by atoms with Crippen molar-refractivity contribution in [1.29, 1.82) is 0 Å². The van der Waals surface area contributed by atoms with Crippen LogP contribution in [0.2, 0.25) is 0 Å². The molecule has 4 N–H and O–H groups in total. The molecular weight excluding hydrogens is 300 g/mol. The summed E-state index contributed by atoms with van der Waals surface area (Å²) in [4.78, 5) is 33.6. The third-order valence-electron chi connectivity index (χ3n) is 3.00. The summed E-state index contributed by atoms with van der Waals surface area (Å²) in [6, 6.07) is 10.1. The van der Waals surface area contributed by atoms with Gasteiger partial charge in [0.05, 0.1) is 16.3 Å². The van der Waals surface area contributed by atoms with E-state index in [1.165, 1.54) is 24.3 Å². The second kappa shape index (κ2) is 6.56. The molecule has 0 aliphatic rings. The number of nitrogens with two attached hydrogens (primary N) is 1. The summed E-state index contributed by atoms with van der Waals surface area (Å²) in [5.41, 5.74) is 7.52. The molecule has 0 atom stereocenters. The molecule has 0 unspecified atom stereocenters. The van der Waals surface area contributed by atoms with Gasteiger partial charge in [-0.15, -0.1) is 0 Å². The molecule has 0 aliphatic carbocycles. The Morgan fingerprint density at radius 3 is 2.22 bits per heavy atom. The number of hydrogen-bond donors (Lipinski definition) is 3. The van der Waals surface area contributed by atoms with Crippen molar-refractivity contribution in [3.8, 4) is 0 Å². The lowest BCUT2D eigenvalue weighted by Gasteiger charge is -2.09. The smallest absolute Gasteiger partial charge is 0.314 e. The molecule has 0 radical (unpaired) electrons. The molecule has 0 heterocycles. The molecule has 0 saturated heterocycles. The maximum Gasteiger partial charge on any atom is 0.314 e. The Morgan fingerprint density at radius 1 is 1.04 bits per heavy atom. The molecule has 8 heteroatoms. The van der Waals surface area contributed by atoms with Crippen molar-refractivity contribution in [2.24, 2.45) is 0 Å². The van der Waals surface area contributed by atoms with Crippen LogP contribution < -0.4 is 16.4 Å². The Morgan fingerprint density at radius 2 is 1.65 bits per heavy atom. The topological polar surface area (TPSA) is 127 Å². The van der Waals surface area contributed by atoms with E-state index in [1.54, 1.807) is 18.2 Å². The van der Waals surface area contributed by atoms with E-state index in [9.17, 15) is 19.7 Å². The molecule has 8 nitrogen and oxygen atoms in total. The van der Waals surface area contributed by atoms with Gasteiger partial charge in [-0.3, -0.25) is 19.7 Å². The van der Waals surface area contributed by atoms with Crippen LogP contribution in [-0.2, 0) is 9.59 Å². The molecule has 0 aromatic heterocycles. The average Bonchev–Trinajstić information content (AvgIpc) is 2.50. The Labute approximate surface area is 131 Å². The number of rotatable bonds is 3. The van der Waals surface area contributed by atoms with Gasteiger partial charge in [-0.25, -0.2) is 0 Å². The van der Waals surface area contributed by atoms with Gasteiger partial charge in [-0.05, 0) is 36.8 Å². The number of nitrogens with one attached hydrogen (secondary N) is 2. The predicted molar refractivity (Wildman–Crippen MR) is 85.9 cm³/mol. The fourth-order valence-corrected chi connectivity index (χ4v) is 1.83. The molecule has 0 aliphatic heterocycles. The van der Waals surface area contributed by atoms with Gasteiger partial charge in [0, 0.05) is 17.8 Å². The molecule has 0 spiro atoms. The summed E-state index contributed by atoms with van der Waals surface area (Å²) >= 11 is 0. The Kier molecular flexibility index (Phi) is 4.55. The summed E-state index contributed by atoms with van der Waals surface area (Å²) < 4.78 is 0. The number of benzene rings is 2. The van der Waals surface area contributed by atoms with Crippen molar-refractivity contribution >= 4 is 34.6 Å². The minimum atomic E-state index is -0.904. The van der Waals surface area contributed by atoms with Gasteiger partial charge in [-0.1, -0.05) is 6.07 Å². The van der Waals surface area contributed by atoms with Crippen LogP contribution >= 0.6 is 0 Å². The lowest BCUT2D eigenvalue weighted by atomic mass is 10.2. The second-order valence-electron chi connectivity index (χ2n) is 4.80. The maximum atomic E-state index is 11.8. The zero-order valence-electron chi connectivity index (χ0n) is 12.2. The van der Waals surface area contributed by atoms with Crippen LogP contribution in [0.3, 0.4) is 0 Å². The second-order valence-corrected chi connectivity index (χ2v) is 4.80. The van der Waals surface area contributed by atoms with E-state index in [4.69, 9.17) is 5.73 Å². The number of aryl methyl sites for hydroxylation is 1. The first-order valence-electron chi connectivity index (χ1n) is 6.60. The van der Waals surface area contributed by atoms with Crippen LogP contribution in [0.4, 0.5) is 22.7 Å². The highest BCUT2D eigenvalue weighted by Crippen LogP contribution is 2.19. The highest BCUT2D eigenvalue weighted by molar-refractivity contribution is 6.43. The largest absolute Gasteiger partial charge is 0.397 e. The number of nitro benzene ring substituents is 1. The van der Waals surface area contributed by atoms with Crippen molar-refractivity contribution in [2.75, 3.05) is 16.4 Å². The predicted octanol–water partition coefficient (Wildman–Crippen LogP) is 2.06. The first-order valence-corrected chi connectivity index (χ1v) is 6.60. The van der Waals surface area contributed by atoms with E-state index in [1.807, 2.05) is 6.92 Å². The van der Waals surface area contributed by atoms with Gasteiger partial charge >= 0.3 is 11.8 Å². The first kappa shape index (κ1) is 16.0. The molecule has 0 saturated carbocycles. The molecule has 23 heavy (non-hydrogen) atoms. The van der Waals surface area contributed by atoms with Gasteiger partial charge in [0.25, 0.3) is 5.69 Å². The van der Waals surface area contributed by atoms with E-state index in [2.05, 4.69) is 10.6 Å². The van der Waals surface area contributed by atoms with Crippen molar-refractivity contribution in [3.05, 3.63) is 58.1 Å². The molecule has 2 rings (SSSR count). The van der Waals surface area contributed by atoms with Crippen LogP contribution in [0, 0.1) is 17.0 Å². The van der Waals surface area contributed by atoms with Crippen molar-refractivity contribution in [3.63, 3.8) is 0 Å². The zero-order chi connectivity index (χ0) is 17.0. The highest BCUT2D eigenvalue weighted by Gasteiger charge is 2.15. The number of anilines is 3. The number of amides is 2. The number of nitro groups is 1. The van der Waals surface area contributed by atoms with Gasteiger partial charge in [-0.2, -0.15) is 0 Å². The monoisotopic (exact) mass is 314 g/mol.